The zero-order valence-electron chi connectivity index (χ0n) is 14.5. The van der Waals surface area contributed by atoms with Crippen LogP contribution in [0.4, 0.5) is 17.6 Å². The van der Waals surface area contributed by atoms with Crippen molar-refractivity contribution in [3.8, 4) is 11.8 Å². The fraction of sp³-hybridized carbons (Fsp3) is 0.471. The van der Waals surface area contributed by atoms with Gasteiger partial charge in [-0.25, -0.2) is 0 Å². The van der Waals surface area contributed by atoms with E-state index >= 15 is 0 Å². The van der Waals surface area contributed by atoms with Gasteiger partial charge < -0.3 is 29.7 Å². The average molecular weight is 358 g/mol. The van der Waals surface area contributed by atoms with E-state index in [9.17, 15) is 0 Å². The lowest BCUT2D eigenvalue weighted by molar-refractivity contribution is 0.121. The zero-order chi connectivity index (χ0) is 17.8. The third-order valence-corrected chi connectivity index (χ3v) is 4.27. The molecule has 2 saturated heterocycles. The van der Waals surface area contributed by atoms with Gasteiger partial charge in [-0.1, -0.05) is 0 Å². The van der Waals surface area contributed by atoms with Crippen molar-refractivity contribution >= 4 is 17.6 Å². The Morgan fingerprint density at radius 3 is 1.77 bits per heavy atom. The largest absolute Gasteiger partial charge is 0.424 e. The Balaban J connectivity index is 1.63. The van der Waals surface area contributed by atoms with E-state index in [2.05, 4.69) is 24.8 Å². The Hall–Kier alpha value is -2.65. The number of nitrogen functional groups attached to an aromatic ring is 1. The van der Waals surface area contributed by atoms with Gasteiger partial charge in [-0.2, -0.15) is 15.0 Å². The molecule has 9 nitrogen and oxygen atoms in total. The number of morpholine rings is 2. The number of hydrogen-bond acceptors (Lipinski definition) is 9. The minimum absolute atomic E-state index is 0.271. The molecule has 1 aromatic carbocycles. The number of nitrogens with zero attached hydrogens (tertiary/aromatic N) is 5. The van der Waals surface area contributed by atoms with Crippen molar-refractivity contribution in [1.29, 1.82) is 0 Å². The summed E-state index contributed by atoms with van der Waals surface area (Å²) in [7, 11) is 0. The topological polar surface area (TPSA) is 98.9 Å². The van der Waals surface area contributed by atoms with Crippen molar-refractivity contribution < 1.29 is 14.2 Å². The van der Waals surface area contributed by atoms with Gasteiger partial charge >= 0.3 is 6.01 Å². The Labute approximate surface area is 151 Å². The van der Waals surface area contributed by atoms with E-state index in [1.54, 1.807) is 24.3 Å². The molecule has 26 heavy (non-hydrogen) atoms. The number of ether oxygens (including phenoxy) is 3. The van der Waals surface area contributed by atoms with Crippen LogP contribution in [0.3, 0.4) is 0 Å². The molecule has 0 saturated carbocycles. The van der Waals surface area contributed by atoms with E-state index in [1.807, 2.05) is 0 Å². The van der Waals surface area contributed by atoms with Gasteiger partial charge in [0.25, 0.3) is 0 Å². The number of rotatable bonds is 4. The highest BCUT2D eigenvalue weighted by Crippen LogP contribution is 2.24. The van der Waals surface area contributed by atoms with E-state index in [-0.39, 0.29) is 6.01 Å². The highest BCUT2D eigenvalue weighted by atomic mass is 16.5. The molecule has 1 aromatic heterocycles. The smallest absolute Gasteiger partial charge is 0.328 e. The maximum atomic E-state index is 5.86. The lowest BCUT2D eigenvalue weighted by Crippen LogP contribution is -2.40. The summed E-state index contributed by atoms with van der Waals surface area (Å²) in [6, 6.07) is 7.42. The highest BCUT2D eigenvalue weighted by molar-refractivity contribution is 5.44. The van der Waals surface area contributed by atoms with E-state index in [0.29, 0.717) is 49.8 Å². The second kappa shape index (κ2) is 7.71. The van der Waals surface area contributed by atoms with Crippen molar-refractivity contribution in [2.45, 2.75) is 0 Å². The molecule has 3 heterocycles. The van der Waals surface area contributed by atoms with Crippen LogP contribution >= 0.6 is 0 Å². The van der Waals surface area contributed by atoms with Crippen molar-refractivity contribution in [2.24, 2.45) is 0 Å². The molecule has 0 aliphatic carbocycles. The Kier molecular flexibility index (Phi) is 4.98. The molecule has 4 rings (SSSR count). The first kappa shape index (κ1) is 16.8. The van der Waals surface area contributed by atoms with Gasteiger partial charge in [0, 0.05) is 31.9 Å². The molecule has 0 unspecified atom stereocenters. The Bertz CT molecular complexity index is 694. The number of hydrogen-bond donors (Lipinski definition) is 1. The predicted molar refractivity (Wildman–Crippen MR) is 96.8 cm³/mol. The van der Waals surface area contributed by atoms with E-state index < -0.39 is 0 Å². The summed E-state index contributed by atoms with van der Waals surface area (Å²) in [6.45, 7) is 5.61. The van der Waals surface area contributed by atoms with Crippen LogP contribution in [0.25, 0.3) is 0 Å². The maximum absolute atomic E-state index is 5.86. The molecule has 2 aliphatic heterocycles. The van der Waals surface area contributed by atoms with Crippen LogP contribution in [-0.4, -0.2) is 67.6 Å². The highest BCUT2D eigenvalue weighted by Gasteiger charge is 2.21. The average Bonchev–Trinajstić information content (AvgIpc) is 2.71. The summed E-state index contributed by atoms with van der Waals surface area (Å²) in [6.07, 6.45) is 0. The second-order valence-electron chi connectivity index (χ2n) is 6.09. The summed E-state index contributed by atoms with van der Waals surface area (Å²) in [5.74, 6) is 1.84. The summed E-state index contributed by atoms with van der Waals surface area (Å²) in [5.41, 5.74) is 6.41. The van der Waals surface area contributed by atoms with Gasteiger partial charge in [-0.15, -0.1) is 0 Å². The SMILES string of the molecule is Nc1ccc(Oc2nc(N3CCOCC3)nc(N3CCOCC3)n2)cc1. The number of benzene rings is 1. The molecule has 9 heteroatoms. The molecule has 2 fully saturated rings. The molecule has 2 N–H and O–H groups in total. The van der Waals surface area contributed by atoms with Crippen LogP contribution in [0.1, 0.15) is 0 Å². The van der Waals surface area contributed by atoms with Crippen molar-refractivity contribution in [1.82, 2.24) is 15.0 Å². The van der Waals surface area contributed by atoms with Crippen LogP contribution in [0.5, 0.6) is 11.8 Å². The van der Waals surface area contributed by atoms with Crippen molar-refractivity contribution in [3.05, 3.63) is 24.3 Å². The lowest BCUT2D eigenvalue weighted by atomic mass is 10.3. The molecular formula is C17H22N6O3. The molecule has 0 atom stereocenters. The molecule has 2 aromatic rings. The Morgan fingerprint density at radius 2 is 1.27 bits per heavy atom. The molecule has 2 aliphatic rings. The third kappa shape index (κ3) is 3.94. The molecule has 0 bridgehead atoms. The van der Waals surface area contributed by atoms with Gasteiger partial charge in [0.1, 0.15) is 5.75 Å². The standard InChI is InChI=1S/C17H22N6O3/c18-13-1-3-14(4-2-13)26-17-20-15(22-5-9-24-10-6-22)19-16(21-17)23-7-11-25-12-8-23/h1-4H,5-12,18H2. The fourth-order valence-corrected chi connectivity index (χ4v) is 2.83. The van der Waals surface area contributed by atoms with Gasteiger partial charge in [-0.3, -0.25) is 0 Å². The Morgan fingerprint density at radius 1 is 0.769 bits per heavy atom. The minimum Gasteiger partial charge on any atom is -0.424 e. The van der Waals surface area contributed by atoms with E-state index in [4.69, 9.17) is 19.9 Å². The van der Waals surface area contributed by atoms with Gasteiger partial charge in [0.15, 0.2) is 0 Å². The third-order valence-electron chi connectivity index (χ3n) is 4.27. The van der Waals surface area contributed by atoms with Crippen LogP contribution in [0, 0.1) is 0 Å². The van der Waals surface area contributed by atoms with Gasteiger partial charge in [-0.05, 0) is 24.3 Å². The van der Waals surface area contributed by atoms with E-state index in [0.717, 1.165) is 26.2 Å². The number of aromatic nitrogens is 3. The number of anilines is 3. The van der Waals surface area contributed by atoms with Crippen molar-refractivity contribution in [2.75, 3.05) is 68.1 Å². The second-order valence-corrected chi connectivity index (χ2v) is 6.09. The molecular weight excluding hydrogens is 336 g/mol. The van der Waals surface area contributed by atoms with Crippen LogP contribution in [0.2, 0.25) is 0 Å². The summed E-state index contributed by atoms with van der Waals surface area (Å²) in [5, 5.41) is 0. The van der Waals surface area contributed by atoms with Crippen LogP contribution < -0.4 is 20.3 Å². The summed E-state index contributed by atoms with van der Waals surface area (Å²) >= 11 is 0. The van der Waals surface area contributed by atoms with Gasteiger partial charge in [0.05, 0.1) is 26.4 Å². The van der Waals surface area contributed by atoms with Crippen LogP contribution in [0.15, 0.2) is 24.3 Å². The van der Waals surface area contributed by atoms with Gasteiger partial charge in [0.2, 0.25) is 11.9 Å². The maximum Gasteiger partial charge on any atom is 0.328 e. The predicted octanol–water partition coefficient (Wildman–Crippen LogP) is 0.919. The van der Waals surface area contributed by atoms with Crippen molar-refractivity contribution in [3.63, 3.8) is 0 Å². The lowest BCUT2D eigenvalue weighted by Gasteiger charge is -2.30. The molecule has 0 amide bonds. The fourth-order valence-electron chi connectivity index (χ4n) is 2.83. The first-order valence-electron chi connectivity index (χ1n) is 8.73. The normalized spacial score (nSPS) is 18.0. The molecule has 138 valence electrons. The summed E-state index contributed by atoms with van der Waals surface area (Å²) in [4.78, 5) is 17.8. The zero-order valence-corrected chi connectivity index (χ0v) is 14.5. The van der Waals surface area contributed by atoms with E-state index in [1.165, 1.54) is 0 Å². The number of nitrogens with two attached hydrogens (primary N) is 1. The first-order chi connectivity index (χ1) is 12.8. The summed E-state index contributed by atoms with van der Waals surface area (Å²) < 4.78 is 16.7. The minimum atomic E-state index is 0.271. The van der Waals surface area contributed by atoms with Crippen LogP contribution in [-0.2, 0) is 9.47 Å². The molecule has 0 radical (unpaired) electrons. The molecule has 0 spiro atoms. The monoisotopic (exact) mass is 358 g/mol. The first-order valence-corrected chi connectivity index (χ1v) is 8.73. The quantitative estimate of drug-likeness (QED) is 0.800.